The first-order valence-corrected chi connectivity index (χ1v) is 9.55. The lowest BCUT2D eigenvalue weighted by molar-refractivity contribution is 0.0450. The fourth-order valence-corrected chi connectivity index (χ4v) is 3.34. The van der Waals surface area contributed by atoms with E-state index in [1.165, 1.54) is 38.4 Å². The van der Waals surface area contributed by atoms with Crippen molar-refractivity contribution in [2.45, 2.75) is 18.7 Å². The van der Waals surface area contributed by atoms with Crippen LogP contribution in [0.4, 0.5) is 0 Å². The Balaban J connectivity index is 1.94. The average Bonchev–Trinajstić information content (AvgIpc) is 2.57. The summed E-state index contributed by atoms with van der Waals surface area (Å²) < 4.78 is 36.1. The second-order valence-electron chi connectivity index (χ2n) is 6.12. The van der Waals surface area contributed by atoms with Gasteiger partial charge in [-0.05, 0) is 55.3 Å². The first-order valence-electron chi connectivity index (χ1n) is 8.11. The molecule has 2 aromatic rings. The van der Waals surface area contributed by atoms with Crippen LogP contribution in [0.5, 0.6) is 5.75 Å². The van der Waals surface area contributed by atoms with Gasteiger partial charge in [0.25, 0.3) is 0 Å². The van der Waals surface area contributed by atoms with Crippen LogP contribution in [0.15, 0.2) is 47.4 Å². The van der Waals surface area contributed by atoms with E-state index in [-0.39, 0.29) is 23.7 Å². The minimum absolute atomic E-state index is 0.0448. The maximum Gasteiger partial charge on any atom is 0.338 e. The van der Waals surface area contributed by atoms with Gasteiger partial charge in [0.2, 0.25) is 10.0 Å². The molecule has 0 radical (unpaired) electrons. The van der Waals surface area contributed by atoms with Gasteiger partial charge in [0.05, 0.1) is 10.5 Å². The number of benzene rings is 2. The molecule has 0 heterocycles. The first kappa shape index (κ1) is 19.9. The van der Waals surface area contributed by atoms with Crippen molar-refractivity contribution in [2.75, 3.05) is 27.3 Å². The van der Waals surface area contributed by atoms with Crippen molar-refractivity contribution in [3.8, 4) is 5.75 Å². The summed E-state index contributed by atoms with van der Waals surface area (Å²) in [7, 11) is -0.731. The van der Waals surface area contributed by atoms with Crippen LogP contribution in [0, 0.1) is 13.8 Å². The Morgan fingerprint density at radius 2 is 1.65 bits per heavy atom. The highest BCUT2D eigenvalue weighted by molar-refractivity contribution is 7.89. The van der Waals surface area contributed by atoms with E-state index in [0.29, 0.717) is 0 Å². The molecule has 0 atom stereocenters. The van der Waals surface area contributed by atoms with Gasteiger partial charge >= 0.3 is 5.97 Å². The molecule has 0 saturated carbocycles. The van der Waals surface area contributed by atoms with Crippen LogP contribution in [-0.2, 0) is 14.8 Å². The molecule has 0 fully saturated rings. The lowest BCUT2D eigenvalue weighted by atomic mass is 10.1. The quantitative estimate of drug-likeness (QED) is 0.548. The second kappa shape index (κ2) is 8.33. The van der Waals surface area contributed by atoms with Crippen LogP contribution in [0.3, 0.4) is 0 Å². The third-order valence-electron chi connectivity index (χ3n) is 3.63. The molecule has 0 amide bonds. The van der Waals surface area contributed by atoms with Gasteiger partial charge in [-0.15, -0.1) is 0 Å². The Morgan fingerprint density at radius 1 is 1.00 bits per heavy atom. The summed E-state index contributed by atoms with van der Waals surface area (Å²) in [5, 5.41) is 0. The van der Waals surface area contributed by atoms with Gasteiger partial charge in [-0.25, -0.2) is 17.5 Å². The largest absolute Gasteiger partial charge is 0.490 e. The van der Waals surface area contributed by atoms with Crippen LogP contribution in [0.2, 0.25) is 0 Å². The summed E-state index contributed by atoms with van der Waals surface area (Å²) in [5.41, 5.74) is 2.37. The van der Waals surface area contributed by atoms with Crippen LogP contribution in [0.1, 0.15) is 21.5 Å². The highest BCUT2D eigenvalue weighted by Gasteiger charge is 2.19. The lowest BCUT2D eigenvalue weighted by Crippen LogP contribution is -2.22. The van der Waals surface area contributed by atoms with Crippen molar-refractivity contribution < 1.29 is 22.7 Å². The number of esters is 1. The van der Waals surface area contributed by atoms with Gasteiger partial charge in [0.15, 0.2) is 0 Å². The molecule has 26 heavy (non-hydrogen) atoms. The predicted octanol–water partition coefficient (Wildman–Crippen LogP) is 2.79. The Kier molecular flexibility index (Phi) is 6.39. The van der Waals surface area contributed by atoms with Crippen molar-refractivity contribution in [3.05, 3.63) is 59.2 Å². The highest BCUT2D eigenvalue weighted by atomic mass is 32.2. The molecule has 0 aliphatic rings. The number of ether oxygens (including phenoxy) is 2. The van der Waals surface area contributed by atoms with E-state index in [1.54, 1.807) is 0 Å². The molecule has 0 unspecified atom stereocenters. The van der Waals surface area contributed by atoms with E-state index in [1.807, 2.05) is 32.0 Å². The zero-order valence-electron chi connectivity index (χ0n) is 15.4. The number of nitrogens with zero attached hydrogens (tertiary/aromatic N) is 1. The average molecular weight is 377 g/mol. The monoisotopic (exact) mass is 377 g/mol. The molecule has 140 valence electrons. The molecule has 0 spiro atoms. The van der Waals surface area contributed by atoms with Gasteiger partial charge in [-0.1, -0.05) is 12.1 Å². The van der Waals surface area contributed by atoms with Crippen molar-refractivity contribution in [2.24, 2.45) is 0 Å². The fourth-order valence-electron chi connectivity index (χ4n) is 2.39. The van der Waals surface area contributed by atoms with E-state index >= 15 is 0 Å². The Hall–Kier alpha value is -2.38. The summed E-state index contributed by atoms with van der Waals surface area (Å²) in [5.74, 6) is 0.127. The third kappa shape index (κ3) is 5.06. The van der Waals surface area contributed by atoms with Crippen LogP contribution in [0.25, 0.3) is 0 Å². The van der Waals surface area contributed by atoms with E-state index in [0.717, 1.165) is 21.2 Å². The standard InChI is InChI=1S/C19H23NO5S/c1-14-10-15(2)12-17(11-14)24-8-9-25-19(21)16-6-5-7-18(13-16)26(22,23)20(3)4/h5-7,10-13H,8-9H2,1-4H3. The SMILES string of the molecule is Cc1cc(C)cc(OCCOC(=O)c2cccc(S(=O)(=O)N(C)C)c2)c1. The number of aryl methyl sites for hydroxylation is 2. The Bertz CT molecular complexity index is 870. The topological polar surface area (TPSA) is 72.9 Å². The zero-order chi connectivity index (χ0) is 19.3. The third-order valence-corrected chi connectivity index (χ3v) is 5.44. The molecule has 6 nitrogen and oxygen atoms in total. The molecule has 0 aliphatic carbocycles. The molecular formula is C19H23NO5S. The van der Waals surface area contributed by atoms with Gasteiger partial charge in [0, 0.05) is 14.1 Å². The molecule has 0 saturated heterocycles. The highest BCUT2D eigenvalue weighted by Crippen LogP contribution is 2.17. The molecule has 0 N–H and O–H groups in total. The number of sulfonamides is 1. The van der Waals surface area contributed by atoms with E-state index in [4.69, 9.17) is 9.47 Å². The summed E-state index contributed by atoms with van der Waals surface area (Å²) >= 11 is 0. The smallest absolute Gasteiger partial charge is 0.338 e. The molecule has 0 aliphatic heterocycles. The summed E-state index contributed by atoms with van der Waals surface area (Å²) in [6.45, 7) is 4.24. The number of hydrogen-bond acceptors (Lipinski definition) is 5. The van der Waals surface area contributed by atoms with E-state index < -0.39 is 16.0 Å². The summed E-state index contributed by atoms with van der Waals surface area (Å²) in [6, 6.07) is 11.6. The lowest BCUT2D eigenvalue weighted by Gasteiger charge is -2.12. The van der Waals surface area contributed by atoms with Gasteiger partial charge in [-0.3, -0.25) is 0 Å². The van der Waals surface area contributed by atoms with Crippen molar-refractivity contribution in [1.29, 1.82) is 0 Å². The number of carbonyl (C=O) groups excluding carboxylic acids is 1. The van der Waals surface area contributed by atoms with E-state index in [2.05, 4.69) is 0 Å². The van der Waals surface area contributed by atoms with Crippen LogP contribution < -0.4 is 4.74 Å². The first-order chi connectivity index (χ1) is 12.2. The predicted molar refractivity (Wildman–Crippen MR) is 99.0 cm³/mol. The summed E-state index contributed by atoms with van der Waals surface area (Å²) in [6.07, 6.45) is 0. The minimum atomic E-state index is -3.60. The number of hydrogen-bond donors (Lipinski definition) is 0. The van der Waals surface area contributed by atoms with Gasteiger partial charge in [0.1, 0.15) is 19.0 Å². The molecule has 2 aromatic carbocycles. The molecule has 0 bridgehead atoms. The zero-order valence-corrected chi connectivity index (χ0v) is 16.2. The second-order valence-corrected chi connectivity index (χ2v) is 8.27. The molecule has 7 heteroatoms. The molecular weight excluding hydrogens is 354 g/mol. The van der Waals surface area contributed by atoms with Gasteiger partial charge in [-0.2, -0.15) is 0 Å². The molecule has 2 rings (SSSR count). The van der Waals surface area contributed by atoms with E-state index in [9.17, 15) is 13.2 Å². The number of carbonyl (C=O) groups is 1. The normalized spacial score (nSPS) is 11.4. The Labute approximate surface area is 154 Å². The number of rotatable bonds is 7. The fraction of sp³-hybridized carbons (Fsp3) is 0.316. The van der Waals surface area contributed by atoms with Crippen LogP contribution in [-0.4, -0.2) is 46.0 Å². The van der Waals surface area contributed by atoms with Crippen molar-refractivity contribution in [1.82, 2.24) is 4.31 Å². The van der Waals surface area contributed by atoms with Gasteiger partial charge < -0.3 is 9.47 Å². The maximum absolute atomic E-state index is 12.1. The molecule has 0 aromatic heterocycles. The van der Waals surface area contributed by atoms with Crippen molar-refractivity contribution in [3.63, 3.8) is 0 Å². The maximum atomic E-state index is 12.1. The minimum Gasteiger partial charge on any atom is -0.490 e. The Morgan fingerprint density at radius 3 is 2.27 bits per heavy atom. The van der Waals surface area contributed by atoms with Crippen LogP contribution >= 0.6 is 0 Å². The summed E-state index contributed by atoms with van der Waals surface area (Å²) in [4.78, 5) is 12.2. The van der Waals surface area contributed by atoms with Crippen molar-refractivity contribution >= 4 is 16.0 Å².